The zero-order chi connectivity index (χ0) is 19.8. The van der Waals surface area contributed by atoms with Gasteiger partial charge in [-0.3, -0.25) is 4.79 Å². The molecule has 2 aromatic heterocycles. The third kappa shape index (κ3) is 3.56. The standard InChI is InChI=1S/C20H20ClFN4OS/c1-11-4-3-7-26(9-11)18-17-16(12(2)28-20(17)24-10-23-18)19(27)25-15-8-13(21)5-6-14(15)22/h5-6,8,10-11H,3-4,7,9H2,1-2H3,(H,25,27)/t11-/m0/s1. The molecule has 1 aliphatic rings. The molecule has 1 aromatic carbocycles. The van der Waals surface area contributed by atoms with E-state index in [2.05, 4.69) is 27.1 Å². The van der Waals surface area contributed by atoms with Crippen molar-refractivity contribution in [1.29, 1.82) is 0 Å². The second-order valence-corrected chi connectivity index (χ2v) is 8.82. The number of fused-ring (bicyclic) bond motifs is 1. The van der Waals surface area contributed by atoms with Gasteiger partial charge in [-0.2, -0.15) is 0 Å². The molecule has 28 heavy (non-hydrogen) atoms. The lowest BCUT2D eigenvalue weighted by Crippen LogP contribution is -2.35. The molecule has 146 valence electrons. The largest absolute Gasteiger partial charge is 0.356 e. The van der Waals surface area contributed by atoms with Gasteiger partial charge >= 0.3 is 0 Å². The summed E-state index contributed by atoms with van der Waals surface area (Å²) in [5, 5.41) is 3.75. The van der Waals surface area contributed by atoms with E-state index in [1.807, 2.05) is 6.92 Å². The number of aromatic nitrogens is 2. The van der Waals surface area contributed by atoms with Crippen LogP contribution in [0.4, 0.5) is 15.9 Å². The van der Waals surface area contributed by atoms with Crippen LogP contribution < -0.4 is 10.2 Å². The van der Waals surface area contributed by atoms with Crippen molar-refractivity contribution in [1.82, 2.24) is 9.97 Å². The highest BCUT2D eigenvalue weighted by Crippen LogP contribution is 2.37. The number of amides is 1. The van der Waals surface area contributed by atoms with Crippen LogP contribution in [0.3, 0.4) is 0 Å². The molecule has 1 aliphatic heterocycles. The summed E-state index contributed by atoms with van der Waals surface area (Å²) in [6.07, 6.45) is 3.82. The Balaban J connectivity index is 1.77. The minimum Gasteiger partial charge on any atom is -0.356 e. The van der Waals surface area contributed by atoms with Crippen LogP contribution >= 0.6 is 22.9 Å². The first kappa shape index (κ1) is 19.1. The van der Waals surface area contributed by atoms with Crippen molar-refractivity contribution < 1.29 is 9.18 Å². The Hall–Kier alpha value is -2.25. The number of carbonyl (C=O) groups excluding carboxylic acids is 1. The first-order valence-electron chi connectivity index (χ1n) is 9.19. The maximum atomic E-state index is 14.1. The first-order chi connectivity index (χ1) is 13.4. The van der Waals surface area contributed by atoms with Crippen LogP contribution in [0.15, 0.2) is 24.5 Å². The number of halogens is 2. The number of nitrogens with one attached hydrogen (secondary N) is 1. The molecule has 0 saturated carbocycles. The molecule has 0 unspecified atom stereocenters. The van der Waals surface area contributed by atoms with Gasteiger partial charge in [-0.1, -0.05) is 18.5 Å². The normalized spacial score (nSPS) is 17.1. The fraction of sp³-hybridized carbons (Fsp3) is 0.350. The van der Waals surface area contributed by atoms with E-state index in [9.17, 15) is 9.18 Å². The Morgan fingerprint density at radius 1 is 1.39 bits per heavy atom. The molecule has 5 nitrogen and oxygen atoms in total. The Morgan fingerprint density at radius 3 is 3.00 bits per heavy atom. The van der Waals surface area contributed by atoms with E-state index in [0.717, 1.165) is 40.4 Å². The minimum atomic E-state index is -0.531. The topological polar surface area (TPSA) is 58.1 Å². The van der Waals surface area contributed by atoms with Gasteiger partial charge in [-0.25, -0.2) is 14.4 Å². The number of hydrogen-bond donors (Lipinski definition) is 1. The Kier molecular flexibility index (Phi) is 5.21. The fourth-order valence-electron chi connectivity index (χ4n) is 3.70. The molecule has 0 radical (unpaired) electrons. The smallest absolute Gasteiger partial charge is 0.257 e. The summed E-state index contributed by atoms with van der Waals surface area (Å²) in [6.45, 7) is 5.89. The van der Waals surface area contributed by atoms with Gasteiger partial charge in [0.1, 0.15) is 22.8 Å². The summed E-state index contributed by atoms with van der Waals surface area (Å²) in [5.41, 5.74) is 0.550. The van der Waals surface area contributed by atoms with Crippen LogP contribution in [0.25, 0.3) is 10.2 Å². The third-order valence-corrected chi connectivity index (χ3v) is 6.25. The quantitative estimate of drug-likeness (QED) is 0.628. The first-order valence-corrected chi connectivity index (χ1v) is 10.4. The van der Waals surface area contributed by atoms with Gasteiger partial charge in [-0.15, -0.1) is 11.3 Å². The number of nitrogens with zero attached hydrogens (tertiary/aromatic N) is 3. The molecule has 1 fully saturated rings. The minimum absolute atomic E-state index is 0.0567. The molecular formula is C20H20ClFN4OS. The van der Waals surface area contributed by atoms with Crippen molar-refractivity contribution in [3.63, 3.8) is 0 Å². The Bertz CT molecular complexity index is 1050. The van der Waals surface area contributed by atoms with Gasteiger partial charge in [0.25, 0.3) is 5.91 Å². The number of piperidine rings is 1. The summed E-state index contributed by atoms with van der Waals surface area (Å²) < 4.78 is 14.1. The summed E-state index contributed by atoms with van der Waals surface area (Å²) in [7, 11) is 0. The van der Waals surface area contributed by atoms with Crippen molar-refractivity contribution in [3.8, 4) is 0 Å². The van der Waals surface area contributed by atoms with Crippen LogP contribution in [-0.4, -0.2) is 29.0 Å². The predicted molar refractivity (Wildman–Crippen MR) is 112 cm³/mol. The van der Waals surface area contributed by atoms with Crippen LogP contribution in [0.5, 0.6) is 0 Å². The summed E-state index contributed by atoms with van der Waals surface area (Å²) in [5.74, 6) is 0.427. The highest BCUT2D eigenvalue weighted by atomic mass is 35.5. The number of rotatable bonds is 3. The molecule has 3 heterocycles. The van der Waals surface area contributed by atoms with E-state index in [-0.39, 0.29) is 11.6 Å². The van der Waals surface area contributed by atoms with Crippen molar-refractivity contribution in [2.45, 2.75) is 26.7 Å². The fourth-order valence-corrected chi connectivity index (χ4v) is 4.86. The number of aryl methyl sites for hydroxylation is 1. The number of hydrogen-bond acceptors (Lipinski definition) is 5. The number of carbonyl (C=O) groups is 1. The zero-order valence-electron chi connectivity index (χ0n) is 15.6. The monoisotopic (exact) mass is 418 g/mol. The lowest BCUT2D eigenvalue weighted by atomic mass is 10.00. The van der Waals surface area contributed by atoms with E-state index in [0.29, 0.717) is 16.5 Å². The third-order valence-electron chi connectivity index (χ3n) is 5.00. The average Bonchev–Trinajstić information content (AvgIpc) is 3.00. The van der Waals surface area contributed by atoms with Gasteiger partial charge in [-0.05, 0) is 43.9 Å². The average molecular weight is 419 g/mol. The van der Waals surface area contributed by atoms with Crippen molar-refractivity contribution in [2.24, 2.45) is 5.92 Å². The maximum absolute atomic E-state index is 14.1. The van der Waals surface area contributed by atoms with Gasteiger partial charge in [0.05, 0.1) is 16.6 Å². The Morgan fingerprint density at radius 2 is 2.21 bits per heavy atom. The van der Waals surface area contributed by atoms with Gasteiger partial charge in [0, 0.05) is 23.0 Å². The van der Waals surface area contributed by atoms with Crippen molar-refractivity contribution >= 4 is 50.6 Å². The molecule has 8 heteroatoms. The molecule has 1 N–H and O–H groups in total. The van der Waals surface area contributed by atoms with Crippen LogP contribution in [0.1, 0.15) is 35.0 Å². The molecular weight excluding hydrogens is 399 g/mol. The number of thiophene rings is 1. The number of anilines is 2. The lowest BCUT2D eigenvalue weighted by Gasteiger charge is -2.32. The molecule has 1 saturated heterocycles. The molecule has 0 bridgehead atoms. The predicted octanol–water partition coefficient (Wildman–Crippen LogP) is 5.28. The van der Waals surface area contributed by atoms with Crippen molar-refractivity contribution in [2.75, 3.05) is 23.3 Å². The van der Waals surface area contributed by atoms with Gasteiger partial charge in [0.15, 0.2) is 0 Å². The SMILES string of the molecule is Cc1sc2ncnc(N3CCC[C@H](C)C3)c2c1C(=O)Nc1cc(Cl)ccc1F. The lowest BCUT2D eigenvalue weighted by molar-refractivity contribution is 0.102. The molecule has 4 rings (SSSR count). The second-order valence-electron chi connectivity index (χ2n) is 7.18. The molecule has 0 spiro atoms. The molecule has 3 aromatic rings. The zero-order valence-corrected chi connectivity index (χ0v) is 17.2. The van der Waals surface area contributed by atoms with Crippen LogP contribution in [-0.2, 0) is 0 Å². The summed E-state index contributed by atoms with van der Waals surface area (Å²) >= 11 is 7.39. The van der Waals surface area contributed by atoms with E-state index in [1.54, 1.807) is 6.33 Å². The highest BCUT2D eigenvalue weighted by molar-refractivity contribution is 7.19. The maximum Gasteiger partial charge on any atom is 0.257 e. The summed E-state index contributed by atoms with van der Waals surface area (Å²) in [4.78, 5) is 25.8. The highest BCUT2D eigenvalue weighted by Gasteiger charge is 2.26. The van der Waals surface area contributed by atoms with E-state index in [1.165, 1.54) is 36.0 Å². The van der Waals surface area contributed by atoms with Crippen molar-refractivity contribution in [3.05, 3.63) is 45.8 Å². The van der Waals surface area contributed by atoms with E-state index in [4.69, 9.17) is 11.6 Å². The number of benzene rings is 1. The van der Waals surface area contributed by atoms with E-state index < -0.39 is 5.82 Å². The van der Waals surface area contributed by atoms with Gasteiger partial charge < -0.3 is 10.2 Å². The molecule has 0 aliphatic carbocycles. The Labute approximate surface area is 171 Å². The molecule has 1 amide bonds. The van der Waals surface area contributed by atoms with Crippen LogP contribution in [0, 0.1) is 18.7 Å². The second kappa shape index (κ2) is 7.64. The molecule has 1 atom stereocenters. The van der Waals surface area contributed by atoms with E-state index >= 15 is 0 Å². The van der Waals surface area contributed by atoms with Crippen LogP contribution in [0.2, 0.25) is 5.02 Å². The van der Waals surface area contributed by atoms with Gasteiger partial charge in [0.2, 0.25) is 0 Å². The summed E-state index contributed by atoms with van der Waals surface area (Å²) in [6, 6.07) is 4.09.